The molecule has 0 unspecified atom stereocenters. The Hall–Kier alpha value is -6.77. The molecule has 2 aromatic rings. The van der Waals surface area contributed by atoms with Crippen molar-refractivity contribution in [1.29, 1.82) is 5.41 Å². The summed E-state index contributed by atoms with van der Waals surface area (Å²) in [5.41, 5.74) is 18.0. The maximum Gasteiger partial charge on any atom is 0.326 e. The first-order chi connectivity index (χ1) is 30.2. The summed E-state index contributed by atoms with van der Waals surface area (Å²) < 4.78 is 0. The molecule has 7 atom stereocenters. The first-order valence-corrected chi connectivity index (χ1v) is 21.1. The van der Waals surface area contributed by atoms with E-state index in [1.165, 1.54) is 12.1 Å². The van der Waals surface area contributed by atoms with Crippen LogP contribution in [0.4, 0.5) is 0 Å². The van der Waals surface area contributed by atoms with Crippen LogP contribution in [-0.4, -0.2) is 113 Å². The van der Waals surface area contributed by atoms with E-state index in [2.05, 4.69) is 37.2 Å². The molecule has 0 aliphatic heterocycles. The minimum absolute atomic E-state index is 0.00313. The zero-order valence-electron chi connectivity index (χ0n) is 36.8. The van der Waals surface area contributed by atoms with E-state index < -0.39 is 96.0 Å². The SMILES string of the molecule is CC[C@H](C)[C@H](NC(=O)[C@H](CCC(N)=O)NC(=O)[C@@H](N)Cc1ccc(O)cc1)C(=O)NCC(=O)N[C@@H](CC(C)C)C(=O)N[C@@H](Cc1ccccc1)C(=O)N[C@@H](CCCNC(=N)N)C(=O)O. The molecule has 64 heavy (non-hydrogen) atoms. The highest BCUT2D eigenvalue weighted by Crippen LogP contribution is 2.13. The Balaban J connectivity index is 2.19. The third kappa shape index (κ3) is 20.0. The number of rotatable bonds is 28. The molecule has 21 nitrogen and oxygen atoms in total. The minimum Gasteiger partial charge on any atom is -0.508 e. The van der Waals surface area contributed by atoms with Gasteiger partial charge in [-0.15, -0.1) is 0 Å². The van der Waals surface area contributed by atoms with Gasteiger partial charge in [0, 0.05) is 19.4 Å². The quantitative estimate of drug-likeness (QED) is 0.0270. The monoisotopic (exact) mass is 895 g/mol. The van der Waals surface area contributed by atoms with Crippen molar-refractivity contribution in [1.82, 2.24) is 37.2 Å². The lowest BCUT2D eigenvalue weighted by atomic mass is 9.97. The number of hydrogen-bond donors (Lipinski definition) is 13. The fourth-order valence-electron chi connectivity index (χ4n) is 6.38. The first-order valence-electron chi connectivity index (χ1n) is 21.1. The average Bonchev–Trinajstić information content (AvgIpc) is 3.24. The Morgan fingerprint density at radius 3 is 1.83 bits per heavy atom. The second-order valence-electron chi connectivity index (χ2n) is 16.0. The van der Waals surface area contributed by atoms with E-state index in [1.807, 2.05) is 13.8 Å². The maximum atomic E-state index is 13.8. The normalized spacial score (nSPS) is 14.2. The van der Waals surface area contributed by atoms with Crippen LogP contribution >= 0.6 is 0 Å². The zero-order chi connectivity index (χ0) is 47.9. The van der Waals surface area contributed by atoms with Crippen molar-refractivity contribution < 1.29 is 48.6 Å². The highest BCUT2D eigenvalue weighted by Gasteiger charge is 2.33. The van der Waals surface area contributed by atoms with Crippen LogP contribution in [0.1, 0.15) is 77.3 Å². The summed E-state index contributed by atoms with van der Waals surface area (Å²) in [6, 6.07) is 7.32. The maximum absolute atomic E-state index is 13.8. The molecule has 0 heterocycles. The molecule has 0 saturated heterocycles. The van der Waals surface area contributed by atoms with Crippen molar-refractivity contribution in [2.75, 3.05) is 13.1 Å². The summed E-state index contributed by atoms with van der Waals surface area (Å²) in [6.07, 6.45) is 0.338. The third-order valence-electron chi connectivity index (χ3n) is 10.1. The van der Waals surface area contributed by atoms with Gasteiger partial charge in [0.2, 0.25) is 41.4 Å². The molecule has 2 rings (SSSR count). The van der Waals surface area contributed by atoms with Crippen LogP contribution in [0.25, 0.3) is 0 Å². The Morgan fingerprint density at radius 1 is 0.672 bits per heavy atom. The Morgan fingerprint density at radius 2 is 1.25 bits per heavy atom. The second kappa shape index (κ2) is 27.3. The van der Waals surface area contributed by atoms with Crippen LogP contribution in [0, 0.1) is 17.2 Å². The van der Waals surface area contributed by atoms with Crippen LogP contribution < -0.4 is 54.4 Å². The number of carbonyl (C=O) groups is 8. The molecule has 7 amide bonds. The van der Waals surface area contributed by atoms with Crippen LogP contribution in [0.2, 0.25) is 0 Å². The van der Waals surface area contributed by atoms with Crippen molar-refractivity contribution in [3.8, 4) is 5.75 Å². The van der Waals surface area contributed by atoms with E-state index in [-0.39, 0.29) is 69.1 Å². The standard InChI is InChI=1S/C43H65N11O10/c1-5-25(4)36(54-38(59)30(17-18-34(45)56)51-37(58)29(44)21-27-13-15-28(55)16-14-27)41(62)49-23-35(57)50-32(20-24(2)3)39(60)53-33(22-26-10-7-6-8-11-26)40(61)52-31(42(63)64)12-9-19-48-43(46)47/h6-8,10-11,13-16,24-25,29-33,36,55H,5,9,12,17-23,44H2,1-4H3,(H2,45,56)(H,49,62)(H,50,57)(H,51,58)(H,52,61)(H,53,60)(H,54,59)(H,63,64)(H4,46,47,48)/t25-,29-,30-,31-,32-,33-,36-/m0/s1. The van der Waals surface area contributed by atoms with Crippen molar-refractivity contribution in [2.24, 2.45) is 29.0 Å². The lowest BCUT2D eigenvalue weighted by Gasteiger charge is -2.27. The summed E-state index contributed by atoms with van der Waals surface area (Å²) in [4.78, 5) is 105. The molecule has 2 aromatic carbocycles. The van der Waals surface area contributed by atoms with E-state index in [4.69, 9.17) is 22.6 Å². The summed E-state index contributed by atoms with van der Waals surface area (Å²) in [5, 5.41) is 44.6. The van der Waals surface area contributed by atoms with Crippen molar-refractivity contribution in [2.45, 2.75) is 115 Å². The van der Waals surface area contributed by atoms with Gasteiger partial charge in [-0.25, -0.2) is 4.79 Å². The molecule has 0 aliphatic carbocycles. The summed E-state index contributed by atoms with van der Waals surface area (Å²) in [7, 11) is 0. The predicted molar refractivity (Wildman–Crippen MR) is 237 cm³/mol. The summed E-state index contributed by atoms with van der Waals surface area (Å²) in [5.74, 6) is -7.49. The molecule has 21 heteroatoms. The van der Waals surface area contributed by atoms with Gasteiger partial charge in [0.15, 0.2) is 5.96 Å². The van der Waals surface area contributed by atoms with Gasteiger partial charge in [0.05, 0.1) is 12.6 Å². The largest absolute Gasteiger partial charge is 0.508 e. The van der Waals surface area contributed by atoms with Crippen LogP contribution in [-0.2, 0) is 51.2 Å². The van der Waals surface area contributed by atoms with Crippen molar-refractivity contribution in [3.05, 3.63) is 65.7 Å². The number of primary amides is 1. The van der Waals surface area contributed by atoms with Crippen molar-refractivity contribution in [3.63, 3.8) is 0 Å². The Labute approximate surface area is 372 Å². The molecular weight excluding hydrogens is 831 g/mol. The smallest absolute Gasteiger partial charge is 0.326 e. The van der Waals surface area contributed by atoms with Crippen LogP contribution in [0.5, 0.6) is 5.75 Å². The van der Waals surface area contributed by atoms with Gasteiger partial charge >= 0.3 is 5.97 Å². The number of carboxylic acids is 1. The summed E-state index contributed by atoms with van der Waals surface area (Å²) in [6.45, 7) is 6.65. The molecule has 0 fully saturated rings. The van der Waals surface area contributed by atoms with Crippen molar-refractivity contribution >= 4 is 53.3 Å². The van der Waals surface area contributed by atoms with E-state index >= 15 is 0 Å². The van der Waals surface area contributed by atoms with Gasteiger partial charge in [-0.05, 0) is 67.2 Å². The lowest BCUT2D eigenvalue weighted by Crippen LogP contribution is -2.59. The molecule has 0 aromatic heterocycles. The fraction of sp³-hybridized carbons (Fsp3) is 0.512. The second-order valence-corrected chi connectivity index (χ2v) is 16.0. The van der Waals surface area contributed by atoms with E-state index in [0.717, 1.165) is 0 Å². The lowest BCUT2D eigenvalue weighted by molar-refractivity contribution is -0.142. The molecule has 16 N–H and O–H groups in total. The number of aromatic hydroxyl groups is 1. The van der Waals surface area contributed by atoms with Crippen LogP contribution in [0.15, 0.2) is 54.6 Å². The number of carboxylic acid groups (broad SMARTS) is 1. The first kappa shape index (κ1) is 53.4. The van der Waals surface area contributed by atoms with Gasteiger partial charge in [-0.1, -0.05) is 76.6 Å². The number of nitrogens with one attached hydrogen (secondary N) is 8. The number of phenolic OH excluding ortho intramolecular Hbond substituents is 1. The Kier molecular flexibility index (Phi) is 22.8. The molecule has 0 spiro atoms. The topological polar surface area (TPSA) is 363 Å². The number of benzene rings is 2. The number of phenols is 1. The van der Waals surface area contributed by atoms with Gasteiger partial charge < -0.3 is 64.6 Å². The zero-order valence-corrected chi connectivity index (χ0v) is 36.8. The minimum atomic E-state index is -1.32. The van der Waals surface area contributed by atoms with Gasteiger partial charge in [-0.3, -0.25) is 39.0 Å². The number of carbonyl (C=O) groups excluding carboxylic acids is 7. The third-order valence-corrected chi connectivity index (χ3v) is 10.1. The van der Waals surface area contributed by atoms with Crippen LogP contribution in [0.3, 0.4) is 0 Å². The molecule has 0 saturated carbocycles. The number of amides is 7. The number of aliphatic carboxylic acids is 1. The highest BCUT2D eigenvalue weighted by atomic mass is 16.4. The highest BCUT2D eigenvalue weighted by molar-refractivity contribution is 5.96. The fourth-order valence-corrected chi connectivity index (χ4v) is 6.38. The Bertz CT molecular complexity index is 1900. The summed E-state index contributed by atoms with van der Waals surface area (Å²) >= 11 is 0. The molecule has 0 bridgehead atoms. The average molecular weight is 896 g/mol. The number of guanidine groups is 1. The van der Waals surface area contributed by atoms with E-state index in [1.54, 1.807) is 56.3 Å². The van der Waals surface area contributed by atoms with Gasteiger partial charge in [0.25, 0.3) is 0 Å². The van der Waals surface area contributed by atoms with Gasteiger partial charge in [-0.2, -0.15) is 0 Å². The molecule has 0 radical (unpaired) electrons. The molecular formula is C43H65N11O10. The van der Waals surface area contributed by atoms with E-state index in [0.29, 0.717) is 17.5 Å². The molecule has 352 valence electrons. The number of hydrogen-bond acceptors (Lipinski definition) is 11. The molecule has 0 aliphatic rings. The predicted octanol–water partition coefficient (Wildman–Crippen LogP) is -1.25. The van der Waals surface area contributed by atoms with Gasteiger partial charge in [0.1, 0.15) is 36.0 Å². The van der Waals surface area contributed by atoms with E-state index in [9.17, 15) is 48.6 Å². The number of nitrogens with two attached hydrogens (primary N) is 3.